The zero-order valence-electron chi connectivity index (χ0n) is 17.0. The van der Waals surface area contributed by atoms with Crippen LogP contribution in [-0.2, 0) is 4.79 Å². The molecule has 7 heteroatoms. The summed E-state index contributed by atoms with van der Waals surface area (Å²) in [6.07, 6.45) is 3.50. The number of hydrogen-bond donors (Lipinski definition) is 0. The maximum Gasteiger partial charge on any atom is 0.270 e. The highest BCUT2D eigenvalue weighted by Crippen LogP contribution is 2.40. The molecule has 2 aromatic rings. The van der Waals surface area contributed by atoms with Crippen LogP contribution in [0.1, 0.15) is 23.6 Å². The largest absolute Gasteiger partial charge is 0.490 e. The average molecular weight is 504 g/mol. The zero-order valence-corrected chi connectivity index (χ0v) is 20.2. The number of benzene rings is 2. The smallest absolute Gasteiger partial charge is 0.270 e. The number of carbonyl (C=O) groups excluding carboxylic acids is 1. The zero-order chi connectivity index (χ0) is 21.8. The fourth-order valence-electron chi connectivity index (χ4n) is 2.92. The van der Waals surface area contributed by atoms with Crippen molar-refractivity contribution in [2.24, 2.45) is 0 Å². The molecule has 4 nitrogen and oxygen atoms in total. The van der Waals surface area contributed by atoms with E-state index < -0.39 is 0 Å². The minimum atomic E-state index is -0.130. The van der Waals surface area contributed by atoms with E-state index in [1.165, 1.54) is 17.3 Å². The quantitative estimate of drug-likeness (QED) is 0.247. The number of ether oxygens (including phenoxy) is 2. The lowest BCUT2D eigenvalue weighted by Crippen LogP contribution is -2.27. The van der Waals surface area contributed by atoms with Crippen molar-refractivity contribution in [1.29, 1.82) is 0 Å². The van der Waals surface area contributed by atoms with Crippen LogP contribution in [0.4, 0.5) is 5.69 Å². The number of hydrogen-bond acceptors (Lipinski definition) is 5. The monoisotopic (exact) mass is 503 g/mol. The van der Waals surface area contributed by atoms with Gasteiger partial charge >= 0.3 is 0 Å². The van der Waals surface area contributed by atoms with Crippen molar-refractivity contribution in [1.82, 2.24) is 0 Å². The molecule has 3 rings (SSSR count). The number of carbonyl (C=O) groups is 1. The summed E-state index contributed by atoms with van der Waals surface area (Å²) in [7, 11) is 0. The Labute approximate surface area is 195 Å². The second-order valence-electron chi connectivity index (χ2n) is 6.65. The van der Waals surface area contributed by atoms with Crippen molar-refractivity contribution in [3.8, 4) is 11.5 Å². The van der Waals surface area contributed by atoms with Crippen LogP contribution in [0.5, 0.6) is 11.5 Å². The van der Waals surface area contributed by atoms with Crippen LogP contribution in [0.15, 0.2) is 52.4 Å². The van der Waals surface area contributed by atoms with Crippen molar-refractivity contribution in [3.63, 3.8) is 0 Å². The first-order chi connectivity index (χ1) is 14.3. The van der Waals surface area contributed by atoms with Crippen LogP contribution < -0.4 is 14.4 Å². The van der Waals surface area contributed by atoms with Crippen LogP contribution in [0, 0.1) is 13.8 Å². The third-order valence-corrected chi connectivity index (χ3v) is 6.41. The summed E-state index contributed by atoms with van der Waals surface area (Å²) in [5.41, 5.74) is 3.89. The fourth-order valence-corrected chi connectivity index (χ4v) is 4.80. The number of halogens is 1. The van der Waals surface area contributed by atoms with E-state index >= 15 is 0 Å². The number of anilines is 1. The molecule has 0 spiro atoms. The molecule has 1 aliphatic heterocycles. The van der Waals surface area contributed by atoms with Gasteiger partial charge in [-0.2, -0.15) is 0 Å². The second kappa shape index (κ2) is 9.81. The molecule has 1 heterocycles. The number of amides is 1. The van der Waals surface area contributed by atoms with Gasteiger partial charge in [0.25, 0.3) is 5.91 Å². The van der Waals surface area contributed by atoms with Gasteiger partial charge in [-0.3, -0.25) is 9.69 Å². The first kappa shape index (κ1) is 22.6. The number of aryl methyl sites for hydroxylation is 2. The van der Waals surface area contributed by atoms with E-state index in [1.54, 1.807) is 11.0 Å². The van der Waals surface area contributed by atoms with Gasteiger partial charge in [0, 0.05) is 0 Å². The van der Waals surface area contributed by atoms with Crippen molar-refractivity contribution in [3.05, 3.63) is 69.1 Å². The normalized spacial score (nSPS) is 15.1. The molecule has 0 aliphatic carbocycles. The molecular formula is C23H22BrNO3S2. The second-order valence-corrected chi connectivity index (χ2v) is 9.18. The Hall–Kier alpha value is -2.09. The van der Waals surface area contributed by atoms with Crippen molar-refractivity contribution < 1.29 is 14.3 Å². The molecule has 0 bridgehead atoms. The lowest BCUT2D eigenvalue weighted by atomic mass is 10.1. The van der Waals surface area contributed by atoms with Gasteiger partial charge in [0.15, 0.2) is 15.8 Å². The molecule has 0 saturated carbocycles. The van der Waals surface area contributed by atoms with Gasteiger partial charge < -0.3 is 9.47 Å². The maximum atomic E-state index is 13.1. The molecule has 1 fully saturated rings. The van der Waals surface area contributed by atoms with Crippen molar-refractivity contribution >= 4 is 61.9 Å². The van der Waals surface area contributed by atoms with Crippen LogP contribution >= 0.6 is 39.9 Å². The van der Waals surface area contributed by atoms with E-state index in [4.69, 9.17) is 21.7 Å². The number of thiocarbonyl (C=S) groups is 1. The molecule has 1 aliphatic rings. The van der Waals surface area contributed by atoms with Crippen LogP contribution in [0.25, 0.3) is 6.08 Å². The van der Waals surface area contributed by atoms with Gasteiger partial charge in [0.2, 0.25) is 0 Å². The topological polar surface area (TPSA) is 38.8 Å². The predicted octanol–water partition coefficient (Wildman–Crippen LogP) is 6.44. The number of rotatable bonds is 7. The molecule has 1 amide bonds. The summed E-state index contributed by atoms with van der Waals surface area (Å²) in [6, 6.07) is 9.66. The van der Waals surface area contributed by atoms with Crippen LogP contribution in [0.3, 0.4) is 0 Å². The summed E-state index contributed by atoms with van der Waals surface area (Å²) in [4.78, 5) is 15.2. The van der Waals surface area contributed by atoms with Crippen molar-refractivity contribution in [2.75, 3.05) is 18.1 Å². The third kappa shape index (κ3) is 4.79. The lowest BCUT2D eigenvalue weighted by Gasteiger charge is -2.16. The Bertz CT molecular complexity index is 1050. The summed E-state index contributed by atoms with van der Waals surface area (Å²) in [5, 5.41) is 0. The van der Waals surface area contributed by atoms with E-state index in [0.29, 0.717) is 33.9 Å². The van der Waals surface area contributed by atoms with Crippen molar-refractivity contribution in [2.45, 2.75) is 20.8 Å². The van der Waals surface area contributed by atoms with E-state index in [2.05, 4.69) is 22.5 Å². The Balaban J connectivity index is 1.94. The molecule has 0 radical (unpaired) electrons. The highest BCUT2D eigenvalue weighted by atomic mass is 79.9. The molecule has 30 heavy (non-hydrogen) atoms. The van der Waals surface area contributed by atoms with E-state index in [1.807, 2.05) is 57.2 Å². The standard InChI is InChI=1S/C23H22BrNO3S2/c1-5-9-28-21-18(24)11-16(12-19(21)27-6-2)13-20-22(26)25(23(29)30-20)17-8-7-14(3)15(4)10-17/h5,7-8,10-13H,1,6,9H2,2-4H3. The first-order valence-corrected chi connectivity index (χ1v) is 11.4. The first-order valence-electron chi connectivity index (χ1n) is 9.41. The molecular weight excluding hydrogens is 482 g/mol. The van der Waals surface area contributed by atoms with Crippen LogP contribution in [-0.4, -0.2) is 23.4 Å². The number of nitrogens with zero attached hydrogens (tertiary/aromatic N) is 1. The van der Waals surface area contributed by atoms with E-state index in [-0.39, 0.29) is 5.91 Å². The molecule has 156 valence electrons. The fraction of sp³-hybridized carbons (Fsp3) is 0.217. The Morgan fingerprint density at radius 2 is 1.97 bits per heavy atom. The molecule has 0 N–H and O–H groups in total. The summed E-state index contributed by atoms with van der Waals surface area (Å²) < 4.78 is 12.7. The molecule has 0 aromatic heterocycles. The SMILES string of the molecule is C=CCOc1c(Br)cc(C=C2SC(=S)N(c3ccc(C)c(C)c3)C2=O)cc1OCC. The average Bonchev–Trinajstić information content (AvgIpc) is 2.97. The van der Waals surface area contributed by atoms with Gasteiger partial charge in [-0.05, 0) is 83.7 Å². The minimum Gasteiger partial charge on any atom is -0.490 e. The molecule has 0 unspecified atom stereocenters. The van der Waals surface area contributed by atoms with Gasteiger partial charge in [-0.25, -0.2) is 0 Å². The summed E-state index contributed by atoms with van der Waals surface area (Å²) in [6.45, 7) is 10.5. The van der Waals surface area contributed by atoms with E-state index in [0.717, 1.165) is 21.3 Å². The summed E-state index contributed by atoms with van der Waals surface area (Å²) >= 11 is 10.3. The lowest BCUT2D eigenvalue weighted by molar-refractivity contribution is -0.113. The highest BCUT2D eigenvalue weighted by molar-refractivity contribution is 9.10. The van der Waals surface area contributed by atoms with Gasteiger partial charge in [-0.1, -0.05) is 42.7 Å². The Kier molecular flexibility index (Phi) is 7.39. The Morgan fingerprint density at radius 1 is 1.20 bits per heavy atom. The van der Waals surface area contributed by atoms with E-state index in [9.17, 15) is 4.79 Å². The summed E-state index contributed by atoms with van der Waals surface area (Å²) in [5.74, 6) is 1.08. The predicted molar refractivity (Wildman–Crippen MR) is 133 cm³/mol. The highest BCUT2D eigenvalue weighted by Gasteiger charge is 2.33. The van der Waals surface area contributed by atoms with Gasteiger partial charge in [0.05, 0.1) is 21.7 Å². The molecule has 2 aromatic carbocycles. The third-order valence-electron chi connectivity index (χ3n) is 4.52. The molecule has 0 atom stereocenters. The van der Waals surface area contributed by atoms with Gasteiger partial charge in [-0.15, -0.1) is 0 Å². The number of thioether (sulfide) groups is 1. The van der Waals surface area contributed by atoms with Crippen LogP contribution in [0.2, 0.25) is 0 Å². The molecule has 1 saturated heterocycles. The Morgan fingerprint density at radius 3 is 2.63 bits per heavy atom. The minimum absolute atomic E-state index is 0.130. The maximum absolute atomic E-state index is 13.1. The van der Waals surface area contributed by atoms with Gasteiger partial charge in [0.1, 0.15) is 6.61 Å².